The Kier molecular flexibility index (Phi) is 4.09. The molecule has 1 aromatic rings. The predicted octanol–water partition coefficient (Wildman–Crippen LogP) is 3.89. The van der Waals surface area contributed by atoms with E-state index >= 15 is 0 Å². The van der Waals surface area contributed by atoms with Gasteiger partial charge in [0.15, 0.2) is 0 Å². The van der Waals surface area contributed by atoms with Crippen LogP contribution in [0.2, 0.25) is 0 Å². The van der Waals surface area contributed by atoms with Gasteiger partial charge in [0.1, 0.15) is 0 Å². The van der Waals surface area contributed by atoms with E-state index in [1.807, 2.05) is 11.3 Å². The van der Waals surface area contributed by atoms with Gasteiger partial charge in [0.2, 0.25) is 0 Å². The molecule has 1 atom stereocenters. The fourth-order valence-electron chi connectivity index (χ4n) is 1.18. The molecule has 0 nitrogen and oxygen atoms in total. The molecular formula is C11H16S. The van der Waals surface area contributed by atoms with Crippen LogP contribution in [0.15, 0.2) is 29.7 Å². The van der Waals surface area contributed by atoms with Crippen molar-refractivity contribution in [2.45, 2.75) is 26.7 Å². The summed E-state index contributed by atoms with van der Waals surface area (Å²) in [5, 5.41) is 2.14. The van der Waals surface area contributed by atoms with Gasteiger partial charge >= 0.3 is 0 Å². The normalized spacial score (nSPS) is 13.8. The molecule has 0 amide bonds. The van der Waals surface area contributed by atoms with Crippen LogP contribution >= 0.6 is 11.3 Å². The van der Waals surface area contributed by atoms with E-state index in [-0.39, 0.29) is 0 Å². The molecule has 1 heteroatoms. The Bertz CT molecular complexity index is 221. The van der Waals surface area contributed by atoms with E-state index < -0.39 is 0 Å². The van der Waals surface area contributed by atoms with E-state index in [4.69, 9.17) is 0 Å². The van der Waals surface area contributed by atoms with Crippen LogP contribution in [-0.2, 0) is 6.42 Å². The maximum absolute atomic E-state index is 2.31. The summed E-state index contributed by atoms with van der Waals surface area (Å²) in [7, 11) is 0. The Labute approximate surface area is 78.9 Å². The van der Waals surface area contributed by atoms with Crippen LogP contribution in [-0.4, -0.2) is 0 Å². The third-order valence-electron chi connectivity index (χ3n) is 1.80. The number of thiophene rings is 1. The van der Waals surface area contributed by atoms with Crippen molar-refractivity contribution < 1.29 is 0 Å². The van der Waals surface area contributed by atoms with Crippen molar-refractivity contribution in [3.63, 3.8) is 0 Å². The molecule has 0 N–H and O–H groups in total. The highest BCUT2D eigenvalue weighted by molar-refractivity contribution is 7.09. The Morgan fingerprint density at radius 2 is 2.42 bits per heavy atom. The van der Waals surface area contributed by atoms with E-state index in [0.29, 0.717) is 5.92 Å². The van der Waals surface area contributed by atoms with Gasteiger partial charge in [-0.2, -0.15) is 0 Å². The van der Waals surface area contributed by atoms with E-state index in [1.165, 1.54) is 11.3 Å². The average Bonchev–Trinajstić information content (AvgIpc) is 2.53. The van der Waals surface area contributed by atoms with Crippen molar-refractivity contribution in [1.29, 1.82) is 0 Å². The predicted molar refractivity (Wildman–Crippen MR) is 56.6 cm³/mol. The average molecular weight is 180 g/mol. The number of allylic oxidation sites excluding steroid dienone is 2. The molecule has 1 aromatic heterocycles. The Morgan fingerprint density at radius 1 is 1.58 bits per heavy atom. The first-order valence-corrected chi connectivity index (χ1v) is 5.40. The van der Waals surface area contributed by atoms with Gasteiger partial charge in [0.05, 0.1) is 0 Å². The number of hydrogen-bond donors (Lipinski definition) is 0. The lowest BCUT2D eigenvalue weighted by Crippen LogP contribution is -1.92. The SMILES string of the molecule is CC/C=C\C(C)Cc1cccs1. The summed E-state index contributed by atoms with van der Waals surface area (Å²) in [5.74, 6) is 0.684. The number of hydrogen-bond acceptors (Lipinski definition) is 1. The van der Waals surface area contributed by atoms with Crippen molar-refractivity contribution in [1.82, 2.24) is 0 Å². The summed E-state index contributed by atoms with van der Waals surface area (Å²) in [6.45, 7) is 4.44. The van der Waals surface area contributed by atoms with Gasteiger partial charge in [-0.1, -0.05) is 32.1 Å². The molecule has 12 heavy (non-hydrogen) atoms. The van der Waals surface area contributed by atoms with Gasteiger partial charge in [-0.3, -0.25) is 0 Å². The monoisotopic (exact) mass is 180 g/mol. The highest BCUT2D eigenvalue weighted by atomic mass is 32.1. The topological polar surface area (TPSA) is 0 Å². The Morgan fingerprint density at radius 3 is 3.00 bits per heavy atom. The highest BCUT2D eigenvalue weighted by Gasteiger charge is 1.99. The van der Waals surface area contributed by atoms with Crippen LogP contribution in [0.4, 0.5) is 0 Å². The maximum Gasteiger partial charge on any atom is 0.00509 e. The lowest BCUT2D eigenvalue weighted by molar-refractivity contribution is 0.729. The summed E-state index contributed by atoms with van der Waals surface area (Å²) in [6, 6.07) is 4.33. The van der Waals surface area contributed by atoms with Crippen molar-refractivity contribution in [2.24, 2.45) is 5.92 Å². The van der Waals surface area contributed by atoms with Crippen LogP contribution in [0.25, 0.3) is 0 Å². The van der Waals surface area contributed by atoms with Gasteiger partial charge in [-0.05, 0) is 30.2 Å². The zero-order valence-electron chi connectivity index (χ0n) is 7.79. The smallest absolute Gasteiger partial charge is 0.00509 e. The standard InChI is InChI=1S/C11H16S/c1-3-4-6-10(2)9-11-7-5-8-12-11/h4-8,10H,3,9H2,1-2H3/b6-4-. The fourth-order valence-corrected chi connectivity index (χ4v) is 2.03. The van der Waals surface area contributed by atoms with Crippen molar-refractivity contribution in [3.05, 3.63) is 34.5 Å². The molecule has 1 rings (SSSR count). The molecule has 1 unspecified atom stereocenters. The van der Waals surface area contributed by atoms with Crippen molar-refractivity contribution in [3.8, 4) is 0 Å². The van der Waals surface area contributed by atoms with E-state index in [1.54, 1.807) is 0 Å². The van der Waals surface area contributed by atoms with Crippen molar-refractivity contribution >= 4 is 11.3 Å². The van der Waals surface area contributed by atoms with Crippen molar-refractivity contribution in [2.75, 3.05) is 0 Å². The minimum Gasteiger partial charge on any atom is -0.149 e. The second-order valence-electron chi connectivity index (χ2n) is 3.10. The zero-order chi connectivity index (χ0) is 8.81. The van der Waals surface area contributed by atoms with Crippen LogP contribution < -0.4 is 0 Å². The lowest BCUT2D eigenvalue weighted by Gasteiger charge is -2.02. The molecule has 1 heterocycles. The molecule has 66 valence electrons. The molecule has 0 aliphatic rings. The molecule has 0 spiro atoms. The molecule has 0 radical (unpaired) electrons. The molecule has 0 saturated heterocycles. The summed E-state index contributed by atoms with van der Waals surface area (Å²) in [4.78, 5) is 1.49. The molecule has 0 aromatic carbocycles. The first kappa shape index (κ1) is 9.53. The zero-order valence-corrected chi connectivity index (χ0v) is 8.60. The van der Waals surface area contributed by atoms with E-state index in [2.05, 4.69) is 43.5 Å². The van der Waals surface area contributed by atoms with Gasteiger partial charge < -0.3 is 0 Å². The third kappa shape index (κ3) is 3.22. The van der Waals surface area contributed by atoms with Gasteiger partial charge in [-0.15, -0.1) is 11.3 Å². The first-order chi connectivity index (χ1) is 5.83. The largest absolute Gasteiger partial charge is 0.149 e. The van der Waals surface area contributed by atoms with Crippen LogP contribution in [0.3, 0.4) is 0 Å². The lowest BCUT2D eigenvalue weighted by atomic mass is 10.1. The summed E-state index contributed by atoms with van der Waals surface area (Å²) < 4.78 is 0. The Balaban J connectivity index is 2.36. The van der Waals surface area contributed by atoms with Crippen LogP contribution in [0.1, 0.15) is 25.1 Å². The van der Waals surface area contributed by atoms with Crippen LogP contribution in [0, 0.1) is 5.92 Å². The van der Waals surface area contributed by atoms with Gasteiger partial charge in [0.25, 0.3) is 0 Å². The molecule has 0 bridgehead atoms. The highest BCUT2D eigenvalue weighted by Crippen LogP contribution is 2.14. The minimum atomic E-state index is 0.684. The summed E-state index contributed by atoms with van der Waals surface area (Å²) in [5.41, 5.74) is 0. The number of rotatable bonds is 4. The summed E-state index contributed by atoms with van der Waals surface area (Å²) in [6.07, 6.45) is 6.89. The Hall–Kier alpha value is -0.560. The quantitative estimate of drug-likeness (QED) is 0.617. The molecule has 0 fully saturated rings. The summed E-state index contributed by atoms with van der Waals surface area (Å²) >= 11 is 1.85. The van der Waals surface area contributed by atoms with Gasteiger partial charge in [0, 0.05) is 4.88 Å². The maximum atomic E-state index is 2.31. The molecule has 0 saturated carbocycles. The van der Waals surface area contributed by atoms with Gasteiger partial charge in [-0.25, -0.2) is 0 Å². The molecular weight excluding hydrogens is 164 g/mol. The molecule has 0 aliphatic heterocycles. The fraction of sp³-hybridized carbons (Fsp3) is 0.455. The van der Waals surface area contributed by atoms with E-state index in [0.717, 1.165) is 6.42 Å². The minimum absolute atomic E-state index is 0.684. The van der Waals surface area contributed by atoms with Crippen LogP contribution in [0.5, 0.6) is 0 Å². The second kappa shape index (κ2) is 5.15. The first-order valence-electron chi connectivity index (χ1n) is 4.52. The van der Waals surface area contributed by atoms with E-state index in [9.17, 15) is 0 Å². The second-order valence-corrected chi connectivity index (χ2v) is 4.13. The third-order valence-corrected chi connectivity index (χ3v) is 2.70. The molecule has 0 aliphatic carbocycles.